The Morgan fingerprint density at radius 3 is 2.41 bits per heavy atom. The molecule has 174 valence electrons. The highest BCUT2D eigenvalue weighted by molar-refractivity contribution is 5.99. The zero-order valence-corrected chi connectivity index (χ0v) is 18.7. The van der Waals surface area contributed by atoms with Gasteiger partial charge in [-0.1, -0.05) is 25.5 Å². The van der Waals surface area contributed by atoms with Gasteiger partial charge in [0.1, 0.15) is 18.2 Å². The average molecular weight is 449 g/mol. The van der Waals surface area contributed by atoms with E-state index in [2.05, 4.69) is 0 Å². The van der Waals surface area contributed by atoms with Crippen LogP contribution in [0.25, 0.3) is 0 Å². The Bertz CT molecular complexity index is 950. The molecule has 2 aromatic rings. The smallest absolute Gasteiger partial charge is 0.166 e. The van der Waals surface area contributed by atoms with Crippen LogP contribution in [0.4, 0.5) is 13.2 Å². The molecule has 1 saturated carbocycles. The molecule has 32 heavy (non-hydrogen) atoms. The average Bonchev–Trinajstić information content (AvgIpc) is 2.78. The predicted molar refractivity (Wildman–Crippen MR) is 118 cm³/mol. The highest BCUT2D eigenvalue weighted by Crippen LogP contribution is 2.40. The number of aromatic hydroxyl groups is 1. The molecule has 6 heteroatoms. The summed E-state index contributed by atoms with van der Waals surface area (Å²) < 4.78 is 47.7. The van der Waals surface area contributed by atoms with Gasteiger partial charge in [-0.15, -0.1) is 0 Å². The molecule has 0 bridgehead atoms. The summed E-state index contributed by atoms with van der Waals surface area (Å²) in [6, 6.07) is 6.38. The molecule has 3 nitrogen and oxygen atoms in total. The van der Waals surface area contributed by atoms with Gasteiger partial charge in [-0.2, -0.15) is 0 Å². The fraction of sp³-hybridized carbons (Fsp3) is 0.500. The summed E-state index contributed by atoms with van der Waals surface area (Å²) in [6.07, 6.45) is 4.26. The summed E-state index contributed by atoms with van der Waals surface area (Å²) in [4.78, 5) is 12.8. The van der Waals surface area contributed by atoms with Crippen molar-refractivity contribution in [1.82, 2.24) is 0 Å². The maximum absolute atomic E-state index is 14.6. The van der Waals surface area contributed by atoms with Crippen molar-refractivity contribution in [2.24, 2.45) is 5.92 Å². The summed E-state index contributed by atoms with van der Waals surface area (Å²) in [7, 11) is 0. The first kappa shape index (κ1) is 24.1. The molecule has 3 rings (SSSR count). The number of halogens is 3. The first-order chi connectivity index (χ1) is 15.4. The number of carbonyl (C=O) groups is 1. The van der Waals surface area contributed by atoms with Crippen LogP contribution < -0.4 is 4.74 Å². The number of aryl methyl sites for hydroxylation is 1. The lowest BCUT2D eigenvalue weighted by atomic mass is 9.76. The van der Waals surface area contributed by atoms with Crippen LogP contribution in [-0.4, -0.2) is 17.5 Å². The zero-order valence-electron chi connectivity index (χ0n) is 18.7. The highest BCUT2D eigenvalue weighted by atomic mass is 19.2. The van der Waals surface area contributed by atoms with Crippen molar-refractivity contribution in [2.45, 2.75) is 71.4 Å². The molecular weight excluding hydrogens is 417 g/mol. The van der Waals surface area contributed by atoms with Gasteiger partial charge in [0.25, 0.3) is 0 Å². The van der Waals surface area contributed by atoms with Crippen molar-refractivity contribution in [2.75, 3.05) is 6.61 Å². The lowest BCUT2D eigenvalue weighted by molar-refractivity contribution is 0.0944. The van der Waals surface area contributed by atoms with Crippen LogP contribution in [0.5, 0.6) is 11.5 Å². The van der Waals surface area contributed by atoms with E-state index in [1.54, 1.807) is 19.1 Å². The summed E-state index contributed by atoms with van der Waals surface area (Å²) in [6.45, 7) is 3.09. The third-order valence-corrected chi connectivity index (χ3v) is 6.45. The second kappa shape index (κ2) is 10.9. The summed E-state index contributed by atoms with van der Waals surface area (Å²) >= 11 is 0. The Hall–Kier alpha value is -2.50. The molecule has 1 fully saturated rings. The number of hydrogen-bond donors (Lipinski definition) is 1. The van der Waals surface area contributed by atoms with E-state index in [9.17, 15) is 23.1 Å². The van der Waals surface area contributed by atoms with Crippen LogP contribution in [0, 0.1) is 17.6 Å². The second-order valence-corrected chi connectivity index (χ2v) is 8.54. The largest absolute Gasteiger partial charge is 0.507 e. The van der Waals surface area contributed by atoms with Crippen LogP contribution in [0.3, 0.4) is 0 Å². The number of Topliss-reactive ketones (excluding diaryl/α,β-unsaturated/α-hetero) is 1. The molecular formula is C26H31F3O3. The number of rotatable bonds is 9. The molecule has 0 heterocycles. The van der Waals surface area contributed by atoms with Crippen LogP contribution in [0.1, 0.15) is 85.3 Å². The second-order valence-electron chi connectivity index (χ2n) is 8.54. The standard InChI is InChI=1S/C26H31F3O3/c1-3-5-18-10-11-19(25(29)24(18)28)17-8-6-16(7-9-17)14-22(30)20-12-13-23(32-4-2)21(15-27)26(20)31/h10-13,16-17,31H,3-9,14-15H2,1-2H3. The number of benzene rings is 2. The van der Waals surface area contributed by atoms with Gasteiger partial charge in [-0.25, -0.2) is 13.2 Å². The number of ether oxygens (including phenoxy) is 1. The Morgan fingerprint density at radius 2 is 1.78 bits per heavy atom. The Labute approximate surface area is 187 Å². The van der Waals surface area contributed by atoms with Gasteiger partial charge < -0.3 is 9.84 Å². The summed E-state index contributed by atoms with van der Waals surface area (Å²) in [5, 5.41) is 10.4. The fourth-order valence-electron chi connectivity index (χ4n) is 4.69. The van der Waals surface area contributed by atoms with E-state index in [-0.39, 0.29) is 46.7 Å². The molecule has 0 atom stereocenters. The quantitative estimate of drug-likeness (QED) is 0.419. The number of carbonyl (C=O) groups excluding carboxylic acids is 1. The zero-order chi connectivity index (χ0) is 23.3. The summed E-state index contributed by atoms with van der Waals surface area (Å²) in [5.41, 5.74) is 0.924. The Kier molecular flexibility index (Phi) is 8.21. The van der Waals surface area contributed by atoms with Crippen LogP contribution in [0.2, 0.25) is 0 Å². The van der Waals surface area contributed by atoms with Gasteiger partial charge in [-0.05, 0) is 74.1 Å². The first-order valence-corrected chi connectivity index (χ1v) is 11.4. The highest BCUT2D eigenvalue weighted by Gasteiger charge is 2.28. The lowest BCUT2D eigenvalue weighted by Gasteiger charge is -2.29. The Morgan fingerprint density at radius 1 is 1.06 bits per heavy atom. The minimum atomic E-state index is -0.924. The van der Waals surface area contributed by atoms with Crippen molar-refractivity contribution in [1.29, 1.82) is 0 Å². The molecule has 0 saturated heterocycles. The van der Waals surface area contributed by atoms with E-state index >= 15 is 0 Å². The molecule has 0 spiro atoms. The van der Waals surface area contributed by atoms with Gasteiger partial charge in [0.05, 0.1) is 17.7 Å². The topological polar surface area (TPSA) is 46.5 Å². The lowest BCUT2D eigenvalue weighted by Crippen LogP contribution is -2.18. The van der Waals surface area contributed by atoms with Crippen LogP contribution in [-0.2, 0) is 13.1 Å². The van der Waals surface area contributed by atoms with E-state index in [1.165, 1.54) is 12.1 Å². The third kappa shape index (κ3) is 5.11. The minimum Gasteiger partial charge on any atom is -0.507 e. The third-order valence-electron chi connectivity index (χ3n) is 6.45. The Balaban J connectivity index is 1.64. The molecule has 2 aromatic carbocycles. The molecule has 0 radical (unpaired) electrons. The maximum Gasteiger partial charge on any atom is 0.166 e. The van der Waals surface area contributed by atoms with Crippen molar-refractivity contribution in [3.8, 4) is 11.5 Å². The molecule has 1 N–H and O–H groups in total. The number of alkyl halides is 1. The van der Waals surface area contributed by atoms with E-state index in [0.29, 0.717) is 49.8 Å². The minimum absolute atomic E-state index is 0.00886. The van der Waals surface area contributed by atoms with Gasteiger partial charge in [0.15, 0.2) is 17.4 Å². The molecule has 0 aliphatic heterocycles. The van der Waals surface area contributed by atoms with E-state index in [1.807, 2.05) is 6.92 Å². The van der Waals surface area contributed by atoms with E-state index in [4.69, 9.17) is 4.74 Å². The predicted octanol–water partition coefficient (Wildman–Crippen LogP) is 7.04. The van der Waals surface area contributed by atoms with Crippen LogP contribution >= 0.6 is 0 Å². The SMILES string of the molecule is CCCc1ccc(C2CCC(CC(=O)c3ccc(OCC)c(CF)c3O)CC2)c(F)c1F. The monoisotopic (exact) mass is 448 g/mol. The number of phenolic OH excluding ortho intramolecular Hbond substituents is 1. The van der Waals surface area contributed by atoms with Gasteiger partial charge in [-0.3, -0.25) is 4.79 Å². The number of ketones is 1. The molecule has 1 aliphatic carbocycles. The number of phenols is 1. The molecule has 0 amide bonds. The van der Waals surface area contributed by atoms with Crippen molar-refractivity contribution in [3.05, 3.63) is 58.2 Å². The van der Waals surface area contributed by atoms with Gasteiger partial charge >= 0.3 is 0 Å². The van der Waals surface area contributed by atoms with E-state index < -0.39 is 18.3 Å². The van der Waals surface area contributed by atoms with Crippen molar-refractivity contribution < 1.29 is 27.8 Å². The normalized spacial score (nSPS) is 18.5. The molecule has 1 aliphatic rings. The summed E-state index contributed by atoms with van der Waals surface area (Å²) in [5.74, 6) is -1.82. The first-order valence-electron chi connectivity index (χ1n) is 11.4. The van der Waals surface area contributed by atoms with E-state index in [0.717, 1.165) is 6.42 Å². The van der Waals surface area contributed by atoms with Gasteiger partial charge in [0, 0.05) is 6.42 Å². The maximum atomic E-state index is 14.6. The number of hydrogen-bond acceptors (Lipinski definition) is 3. The van der Waals surface area contributed by atoms with Crippen LogP contribution in [0.15, 0.2) is 24.3 Å². The fourth-order valence-corrected chi connectivity index (χ4v) is 4.69. The van der Waals surface area contributed by atoms with Gasteiger partial charge in [0.2, 0.25) is 0 Å². The molecule has 0 aromatic heterocycles. The molecule has 0 unspecified atom stereocenters. The van der Waals surface area contributed by atoms with Crippen molar-refractivity contribution in [3.63, 3.8) is 0 Å². The van der Waals surface area contributed by atoms with Crippen molar-refractivity contribution >= 4 is 5.78 Å².